The SMILES string of the molecule is Cc1ccc(C(=O)Nc2cccc(Cl)c2N2CCCC2)c(Cl)c1. The first-order valence-corrected chi connectivity index (χ1v) is 8.43. The van der Waals surface area contributed by atoms with Gasteiger partial charge >= 0.3 is 0 Å². The molecular formula is C18H18Cl2N2O. The average Bonchev–Trinajstić information content (AvgIpc) is 3.01. The highest BCUT2D eigenvalue weighted by molar-refractivity contribution is 6.35. The summed E-state index contributed by atoms with van der Waals surface area (Å²) in [7, 11) is 0. The molecule has 3 rings (SSSR count). The average molecular weight is 349 g/mol. The third-order valence-corrected chi connectivity index (χ3v) is 4.64. The summed E-state index contributed by atoms with van der Waals surface area (Å²) in [6.07, 6.45) is 2.28. The zero-order valence-corrected chi connectivity index (χ0v) is 14.4. The van der Waals surface area contributed by atoms with Gasteiger partial charge in [-0.05, 0) is 49.6 Å². The van der Waals surface area contributed by atoms with Gasteiger partial charge in [0.2, 0.25) is 0 Å². The summed E-state index contributed by atoms with van der Waals surface area (Å²) >= 11 is 12.6. The van der Waals surface area contributed by atoms with Crippen molar-refractivity contribution in [3.8, 4) is 0 Å². The van der Waals surface area contributed by atoms with Gasteiger partial charge in [-0.1, -0.05) is 35.3 Å². The summed E-state index contributed by atoms with van der Waals surface area (Å²) in [6, 6.07) is 11.0. The lowest BCUT2D eigenvalue weighted by atomic mass is 10.1. The molecule has 1 N–H and O–H groups in total. The number of nitrogens with zero attached hydrogens (tertiary/aromatic N) is 1. The highest BCUT2D eigenvalue weighted by Gasteiger charge is 2.20. The molecule has 1 saturated heterocycles. The number of para-hydroxylation sites is 1. The molecule has 1 amide bonds. The van der Waals surface area contributed by atoms with E-state index in [0.717, 1.165) is 42.9 Å². The fraction of sp³-hybridized carbons (Fsp3) is 0.278. The molecule has 0 unspecified atom stereocenters. The number of carbonyl (C=O) groups excluding carboxylic acids is 1. The Balaban J connectivity index is 1.90. The van der Waals surface area contributed by atoms with Crippen LogP contribution in [-0.4, -0.2) is 19.0 Å². The lowest BCUT2D eigenvalue weighted by Gasteiger charge is -2.23. The smallest absolute Gasteiger partial charge is 0.257 e. The number of hydrogen-bond acceptors (Lipinski definition) is 2. The topological polar surface area (TPSA) is 32.3 Å². The van der Waals surface area contributed by atoms with Gasteiger partial charge < -0.3 is 10.2 Å². The normalized spacial score (nSPS) is 14.1. The molecule has 23 heavy (non-hydrogen) atoms. The monoisotopic (exact) mass is 348 g/mol. The second kappa shape index (κ2) is 6.81. The molecule has 0 spiro atoms. The summed E-state index contributed by atoms with van der Waals surface area (Å²) in [5.41, 5.74) is 3.10. The molecule has 0 aliphatic carbocycles. The molecule has 0 radical (unpaired) electrons. The van der Waals surface area contributed by atoms with E-state index in [1.807, 2.05) is 31.2 Å². The molecule has 1 fully saturated rings. The Hall–Kier alpha value is -1.71. The van der Waals surface area contributed by atoms with Crippen LogP contribution >= 0.6 is 23.2 Å². The summed E-state index contributed by atoms with van der Waals surface area (Å²) in [6.45, 7) is 3.85. The van der Waals surface area contributed by atoms with Crippen LogP contribution in [0.1, 0.15) is 28.8 Å². The van der Waals surface area contributed by atoms with Crippen LogP contribution in [0.15, 0.2) is 36.4 Å². The number of aryl methyl sites for hydroxylation is 1. The van der Waals surface area contributed by atoms with Crippen LogP contribution in [0.25, 0.3) is 0 Å². The Morgan fingerprint density at radius 1 is 1.09 bits per heavy atom. The minimum absolute atomic E-state index is 0.224. The molecule has 0 saturated carbocycles. The lowest BCUT2D eigenvalue weighted by molar-refractivity contribution is 0.102. The van der Waals surface area contributed by atoms with Crippen LogP contribution < -0.4 is 10.2 Å². The Bertz CT molecular complexity index is 740. The number of nitrogens with one attached hydrogen (secondary N) is 1. The molecule has 0 aromatic heterocycles. The van der Waals surface area contributed by atoms with Crippen molar-refractivity contribution >= 4 is 40.5 Å². The van der Waals surface area contributed by atoms with Crippen molar-refractivity contribution in [1.29, 1.82) is 0 Å². The summed E-state index contributed by atoms with van der Waals surface area (Å²) in [5, 5.41) is 4.06. The molecule has 3 nitrogen and oxygen atoms in total. The van der Waals surface area contributed by atoms with Crippen molar-refractivity contribution in [3.63, 3.8) is 0 Å². The molecule has 1 heterocycles. The van der Waals surface area contributed by atoms with Gasteiger partial charge in [-0.2, -0.15) is 0 Å². The van der Waals surface area contributed by atoms with E-state index in [4.69, 9.17) is 23.2 Å². The first kappa shape index (κ1) is 16.2. The van der Waals surface area contributed by atoms with Crippen LogP contribution in [0.4, 0.5) is 11.4 Å². The van der Waals surface area contributed by atoms with E-state index in [9.17, 15) is 4.79 Å². The van der Waals surface area contributed by atoms with Gasteiger partial charge in [0.1, 0.15) is 0 Å². The molecule has 0 atom stereocenters. The fourth-order valence-corrected chi connectivity index (χ4v) is 3.49. The van der Waals surface area contributed by atoms with E-state index in [1.54, 1.807) is 12.1 Å². The third kappa shape index (κ3) is 3.46. The standard InChI is InChI=1S/C18H18Cl2N2O/c1-12-7-8-13(15(20)11-12)18(23)21-16-6-4-5-14(19)17(16)22-9-2-3-10-22/h4-8,11H,2-3,9-10H2,1H3,(H,21,23). The van der Waals surface area contributed by atoms with E-state index < -0.39 is 0 Å². The minimum Gasteiger partial charge on any atom is -0.369 e. The molecule has 5 heteroatoms. The van der Waals surface area contributed by atoms with Gasteiger partial charge in [-0.25, -0.2) is 0 Å². The quantitative estimate of drug-likeness (QED) is 0.831. The number of anilines is 2. The van der Waals surface area contributed by atoms with E-state index in [1.165, 1.54) is 0 Å². The fourth-order valence-electron chi connectivity index (χ4n) is 2.87. The first-order valence-electron chi connectivity index (χ1n) is 7.67. The van der Waals surface area contributed by atoms with Gasteiger partial charge in [0.25, 0.3) is 5.91 Å². The van der Waals surface area contributed by atoms with E-state index in [2.05, 4.69) is 10.2 Å². The summed E-state index contributed by atoms with van der Waals surface area (Å²) < 4.78 is 0. The Morgan fingerprint density at radius 3 is 2.52 bits per heavy atom. The summed E-state index contributed by atoms with van der Waals surface area (Å²) in [5.74, 6) is -0.224. The minimum atomic E-state index is -0.224. The van der Waals surface area contributed by atoms with Crippen molar-refractivity contribution < 1.29 is 4.79 Å². The Kier molecular flexibility index (Phi) is 4.79. The second-order valence-electron chi connectivity index (χ2n) is 5.77. The van der Waals surface area contributed by atoms with E-state index in [-0.39, 0.29) is 5.91 Å². The predicted molar refractivity (Wildman–Crippen MR) is 97.0 cm³/mol. The number of rotatable bonds is 3. The van der Waals surface area contributed by atoms with Crippen LogP contribution in [-0.2, 0) is 0 Å². The van der Waals surface area contributed by atoms with Crippen LogP contribution in [0.3, 0.4) is 0 Å². The number of carbonyl (C=O) groups is 1. The maximum absolute atomic E-state index is 12.6. The first-order chi connectivity index (χ1) is 11.1. The van der Waals surface area contributed by atoms with Crippen molar-refractivity contribution in [2.75, 3.05) is 23.3 Å². The number of halogens is 2. The number of amides is 1. The van der Waals surface area contributed by atoms with Crippen molar-refractivity contribution in [3.05, 3.63) is 57.6 Å². The zero-order chi connectivity index (χ0) is 16.4. The van der Waals surface area contributed by atoms with Gasteiger partial charge in [0.05, 0.1) is 27.0 Å². The van der Waals surface area contributed by atoms with Gasteiger partial charge in [-0.15, -0.1) is 0 Å². The molecular weight excluding hydrogens is 331 g/mol. The van der Waals surface area contributed by atoms with Gasteiger partial charge in [0.15, 0.2) is 0 Å². The second-order valence-corrected chi connectivity index (χ2v) is 6.58. The molecule has 2 aromatic rings. The van der Waals surface area contributed by atoms with Gasteiger partial charge in [-0.3, -0.25) is 4.79 Å². The summed E-state index contributed by atoms with van der Waals surface area (Å²) in [4.78, 5) is 14.8. The molecule has 120 valence electrons. The molecule has 0 bridgehead atoms. The Labute approximate surface area is 146 Å². The molecule has 1 aliphatic rings. The highest BCUT2D eigenvalue weighted by Crippen LogP contribution is 2.36. The molecule has 1 aliphatic heterocycles. The highest BCUT2D eigenvalue weighted by atomic mass is 35.5. The van der Waals surface area contributed by atoms with E-state index >= 15 is 0 Å². The van der Waals surface area contributed by atoms with Crippen LogP contribution in [0, 0.1) is 6.92 Å². The van der Waals surface area contributed by atoms with Crippen LogP contribution in [0.2, 0.25) is 10.0 Å². The largest absolute Gasteiger partial charge is 0.369 e. The number of benzene rings is 2. The zero-order valence-electron chi connectivity index (χ0n) is 12.9. The van der Waals surface area contributed by atoms with Gasteiger partial charge in [0, 0.05) is 13.1 Å². The maximum Gasteiger partial charge on any atom is 0.257 e. The van der Waals surface area contributed by atoms with Crippen LogP contribution in [0.5, 0.6) is 0 Å². The third-order valence-electron chi connectivity index (χ3n) is 4.03. The molecule has 2 aromatic carbocycles. The predicted octanol–water partition coefficient (Wildman–Crippen LogP) is 5.15. The van der Waals surface area contributed by atoms with Crippen molar-refractivity contribution in [2.24, 2.45) is 0 Å². The van der Waals surface area contributed by atoms with E-state index in [0.29, 0.717) is 15.6 Å². The van der Waals surface area contributed by atoms with Crippen molar-refractivity contribution in [2.45, 2.75) is 19.8 Å². The Morgan fingerprint density at radius 2 is 1.83 bits per heavy atom. The van der Waals surface area contributed by atoms with Crippen molar-refractivity contribution in [1.82, 2.24) is 0 Å². The lowest BCUT2D eigenvalue weighted by Crippen LogP contribution is -2.21. The maximum atomic E-state index is 12.6. The number of hydrogen-bond donors (Lipinski definition) is 1.